The van der Waals surface area contributed by atoms with Gasteiger partial charge in [0.05, 0.1) is 11.9 Å². The first-order valence-corrected chi connectivity index (χ1v) is 16.3. The smallest absolute Gasteiger partial charge is 0.244 e. The standard InChI is InChI=1S/C33H42ClN3O4S/c1-24(2)21-35-32(39)30(20-25-10-8-7-9-11-25)36(22-26-12-16-28(34)17-13-26)31(38)23-37(42(6,40)41)29-18-14-27(15-19-29)33(3,4)5/h7-19,24,30H,20-23H2,1-6H3,(H,35,39)/t30-/m1/s1. The van der Waals surface area contributed by atoms with E-state index < -0.39 is 28.5 Å². The van der Waals surface area contributed by atoms with Gasteiger partial charge in [-0.25, -0.2) is 8.42 Å². The van der Waals surface area contributed by atoms with Gasteiger partial charge in [-0.3, -0.25) is 13.9 Å². The van der Waals surface area contributed by atoms with Crippen LogP contribution in [0.15, 0.2) is 78.9 Å². The minimum atomic E-state index is -3.83. The minimum absolute atomic E-state index is 0.100. The van der Waals surface area contributed by atoms with Gasteiger partial charge in [-0.15, -0.1) is 0 Å². The van der Waals surface area contributed by atoms with E-state index >= 15 is 0 Å². The summed E-state index contributed by atoms with van der Waals surface area (Å²) in [7, 11) is -3.83. The quantitative estimate of drug-likeness (QED) is 0.280. The number of rotatable bonds is 12. The van der Waals surface area contributed by atoms with Gasteiger partial charge in [-0.1, -0.05) is 101 Å². The summed E-state index contributed by atoms with van der Waals surface area (Å²) in [5, 5.41) is 3.53. The zero-order valence-corrected chi connectivity index (χ0v) is 26.9. The molecule has 0 aliphatic rings. The summed E-state index contributed by atoms with van der Waals surface area (Å²) in [4.78, 5) is 29.3. The molecule has 3 aromatic rings. The van der Waals surface area contributed by atoms with Gasteiger partial charge < -0.3 is 10.2 Å². The molecule has 0 saturated heterocycles. The van der Waals surface area contributed by atoms with E-state index in [0.29, 0.717) is 17.3 Å². The second-order valence-electron chi connectivity index (χ2n) is 12.1. The van der Waals surface area contributed by atoms with Crippen molar-refractivity contribution in [3.8, 4) is 0 Å². The number of nitrogens with one attached hydrogen (secondary N) is 1. The third kappa shape index (κ3) is 9.60. The highest BCUT2D eigenvalue weighted by molar-refractivity contribution is 7.92. The van der Waals surface area contributed by atoms with Crippen LogP contribution >= 0.6 is 11.6 Å². The maximum Gasteiger partial charge on any atom is 0.244 e. The van der Waals surface area contributed by atoms with E-state index in [2.05, 4.69) is 26.1 Å². The SMILES string of the molecule is CC(C)CNC(=O)[C@@H](Cc1ccccc1)N(Cc1ccc(Cl)cc1)C(=O)CN(c1ccc(C(C)(C)C)cc1)S(C)(=O)=O. The number of amides is 2. The zero-order chi connectivity index (χ0) is 31.1. The van der Waals surface area contributed by atoms with Crippen LogP contribution in [0.4, 0.5) is 5.69 Å². The van der Waals surface area contributed by atoms with Crippen molar-refractivity contribution in [1.29, 1.82) is 0 Å². The van der Waals surface area contributed by atoms with E-state index in [9.17, 15) is 18.0 Å². The van der Waals surface area contributed by atoms with Crippen LogP contribution in [0.25, 0.3) is 0 Å². The molecule has 2 amide bonds. The summed E-state index contributed by atoms with van der Waals surface area (Å²) in [5.41, 5.74) is 2.96. The molecule has 3 aromatic carbocycles. The highest BCUT2D eigenvalue weighted by atomic mass is 35.5. The topological polar surface area (TPSA) is 86.8 Å². The van der Waals surface area contributed by atoms with Gasteiger partial charge in [0, 0.05) is 24.5 Å². The molecular weight excluding hydrogens is 570 g/mol. The van der Waals surface area contributed by atoms with Crippen LogP contribution < -0.4 is 9.62 Å². The summed E-state index contributed by atoms with van der Waals surface area (Å²) >= 11 is 6.11. The molecule has 0 bridgehead atoms. The predicted octanol–water partition coefficient (Wildman–Crippen LogP) is 5.82. The van der Waals surface area contributed by atoms with Crippen molar-refractivity contribution in [1.82, 2.24) is 10.2 Å². The number of hydrogen-bond acceptors (Lipinski definition) is 4. The van der Waals surface area contributed by atoms with Crippen LogP contribution in [-0.4, -0.2) is 50.5 Å². The Labute approximate surface area is 255 Å². The van der Waals surface area contributed by atoms with Crippen LogP contribution in [0.3, 0.4) is 0 Å². The molecule has 0 aliphatic carbocycles. The Kier molecular flexibility index (Phi) is 11.2. The van der Waals surface area contributed by atoms with Crippen molar-refractivity contribution < 1.29 is 18.0 Å². The molecule has 0 heterocycles. The number of hydrogen-bond donors (Lipinski definition) is 1. The first kappa shape index (κ1) is 33.1. The Morgan fingerprint density at radius 1 is 0.881 bits per heavy atom. The van der Waals surface area contributed by atoms with Crippen molar-refractivity contribution in [2.24, 2.45) is 5.92 Å². The average molecular weight is 612 g/mol. The van der Waals surface area contributed by atoms with Crippen molar-refractivity contribution in [2.75, 3.05) is 23.7 Å². The second-order valence-corrected chi connectivity index (χ2v) is 14.4. The molecule has 0 radical (unpaired) electrons. The number of sulfonamides is 1. The number of halogens is 1. The molecule has 0 saturated carbocycles. The largest absolute Gasteiger partial charge is 0.354 e. The normalized spacial score (nSPS) is 12.6. The van der Waals surface area contributed by atoms with E-state index in [-0.39, 0.29) is 30.2 Å². The van der Waals surface area contributed by atoms with E-state index in [0.717, 1.165) is 27.3 Å². The van der Waals surface area contributed by atoms with Crippen LogP contribution in [0.2, 0.25) is 5.02 Å². The lowest BCUT2D eigenvalue weighted by molar-refractivity contribution is -0.140. The van der Waals surface area contributed by atoms with E-state index in [1.54, 1.807) is 36.4 Å². The van der Waals surface area contributed by atoms with Crippen molar-refractivity contribution in [2.45, 2.75) is 59.0 Å². The molecule has 226 valence electrons. The van der Waals surface area contributed by atoms with Gasteiger partial charge in [0.15, 0.2) is 0 Å². The predicted molar refractivity (Wildman–Crippen MR) is 171 cm³/mol. The average Bonchev–Trinajstić information content (AvgIpc) is 2.92. The first-order valence-electron chi connectivity index (χ1n) is 14.1. The number of benzene rings is 3. The highest BCUT2D eigenvalue weighted by Crippen LogP contribution is 2.26. The molecule has 0 aromatic heterocycles. The van der Waals surface area contributed by atoms with Crippen LogP contribution in [-0.2, 0) is 38.0 Å². The van der Waals surface area contributed by atoms with Crippen LogP contribution in [0.5, 0.6) is 0 Å². The van der Waals surface area contributed by atoms with Crippen LogP contribution in [0.1, 0.15) is 51.3 Å². The van der Waals surface area contributed by atoms with Gasteiger partial charge in [0.1, 0.15) is 12.6 Å². The summed E-state index contributed by atoms with van der Waals surface area (Å²) in [6.45, 7) is 10.3. The van der Waals surface area contributed by atoms with Crippen molar-refractivity contribution >= 4 is 39.1 Å². The van der Waals surface area contributed by atoms with Gasteiger partial charge >= 0.3 is 0 Å². The second kappa shape index (κ2) is 14.2. The Bertz CT molecular complexity index is 1440. The molecule has 0 unspecified atom stereocenters. The number of nitrogens with zero attached hydrogens (tertiary/aromatic N) is 2. The summed E-state index contributed by atoms with van der Waals surface area (Å²) in [6.07, 6.45) is 1.35. The fourth-order valence-corrected chi connectivity index (χ4v) is 5.48. The molecule has 0 aliphatic heterocycles. The maximum absolute atomic E-state index is 14.2. The molecule has 7 nitrogen and oxygen atoms in total. The minimum Gasteiger partial charge on any atom is -0.354 e. The number of carbonyl (C=O) groups is 2. The van der Waals surface area contributed by atoms with Crippen molar-refractivity contribution in [3.05, 3.63) is 101 Å². The molecule has 1 atom stereocenters. The summed E-state index contributed by atoms with van der Waals surface area (Å²) < 4.78 is 27.1. The Balaban J connectivity index is 2.04. The fraction of sp³-hybridized carbons (Fsp3) is 0.394. The van der Waals surface area contributed by atoms with Crippen LogP contribution in [0, 0.1) is 5.92 Å². The van der Waals surface area contributed by atoms with Gasteiger partial charge in [0.2, 0.25) is 21.8 Å². The third-order valence-corrected chi connectivity index (χ3v) is 8.31. The molecule has 9 heteroatoms. The Morgan fingerprint density at radius 3 is 2.00 bits per heavy atom. The lowest BCUT2D eigenvalue weighted by Crippen LogP contribution is -2.53. The Morgan fingerprint density at radius 2 is 1.48 bits per heavy atom. The van der Waals surface area contributed by atoms with E-state index in [4.69, 9.17) is 11.6 Å². The van der Waals surface area contributed by atoms with E-state index in [1.165, 1.54) is 4.90 Å². The molecule has 3 rings (SSSR count). The molecule has 42 heavy (non-hydrogen) atoms. The number of carbonyl (C=O) groups excluding carboxylic acids is 2. The molecular formula is C33H42ClN3O4S. The fourth-order valence-electron chi connectivity index (χ4n) is 4.50. The lowest BCUT2D eigenvalue weighted by Gasteiger charge is -2.33. The molecule has 1 N–H and O–H groups in total. The van der Waals surface area contributed by atoms with Crippen molar-refractivity contribution in [3.63, 3.8) is 0 Å². The van der Waals surface area contributed by atoms with Gasteiger partial charge in [-0.05, 0) is 52.3 Å². The highest BCUT2D eigenvalue weighted by Gasteiger charge is 2.33. The maximum atomic E-state index is 14.2. The molecule has 0 fully saturated rings. The summed E-state index contributed by atoms with van der Waals surface area (Å²) in [5.74, 6) is -0.574. The summed E-state index contributed by atoms with van der Waals surface area (Å²) in [6, 6.07) is 22.8. The number of anilines is 1. The lowest BCUT2D eigenvalue weighted by atomic mass is 9.87. The van der Waals surface area contributed by atoms with E-state index in [1.807, 2.05) is 56.3 Å². The monoisotopic (exact) mass is 611 g/mol. The zero-order valence-electron chi connectivity index (χ0n) is 25.3. The first-order chi connectivity index (χ1) is 19.6. The van der Waals surface area contributed by atoms with Gasteiger partial charge in [-0.2, -0.15) is 0 Å². The van der Waals surface area contributed by atoms with Gasteiger partial charge in [0.25, 0.3) is 0 Å². The Hall–Kier alpha value is -3.36. The molecule has 0 spiro atoms. The third-order valence-electron chi connectivity index (χ3n) is 6.92.